The Labute approximate surface area is 126 Å². The van der Waals surface area contributed by atoms with E-state index in [2.05, 4.69) is 48.1 Å². The van der Waals surface area contributed by atoms with E-state index in [1.807, 2.05) is 13.2 Å². The second kappa shape index (κ2) is 6.85. The Hall–Kier alpha value is -1.69. The average Bonchev–Trinajstić information content (AvgIpc) is 2.85. The van der Waals surface area contributed by atoms with Crippen LogP contribution in [0, 0.1) is 0 Å². The predicted octanol–water partition coefficient (Wildman–Crippen LogP) is 2.42. The van der Waals surface area contributed by atoms with Crippen LogP contribution in [0.3, 0.4) is 0 Å². The molecule has 0 radical (unpaired) electrons. The van der Waals surface area contributed by atoms with Crippen LogP contribution in [-0.4, -0.2) is 44.3 Å². The summed E-state index contributed by atoms with van der Waals surface area (Å²) in [5.74, 6) is 1.73. The quantitative estimate of drug-likeness (QED) is 0.848. The van der Waals surface area contributed by atoms with Crippen LogP contribution in [0.15, 0.2) is 6.20 Å². The lowest BCUT2D eigenvalue weighted by atomic mass is 10.2. The molecule has 0 fully saturated rings. The van der Waals surface area contributed by atoms with Gasteiger partial charge >= 0.3 is 0 Å². The number of nitrogens with one attached hydrogen (secondary N) is 1. The first-order valence-corrected chi connectivity index (χ1v) is 7.69. The molecule has 1 unspecified atom stereocenters. The van der Waals surface area contributed by atoms with Crippen molar-refractivity contribution in [3.05, 3.63) is 12.0 Å². The smallest absolute Gasteiger partial charge is 0.163 e. The van der Waals surface area contributed by atoms with Gasteiger partial charge in [0.15, 0.2) is 5.65 Å². The maximum absolute atomic E-state index is 4.69. The fraction of sp³-hybridized carbons (Fsp3) is 0.667. The Balaban J connectivity index is 2.33. The number of aryl methyl sites for hydroxylation is 1. The first-order chi connectivity index (χ1) is 10.1. The van der Waals surface area contributed by atoms with Gasteiger partial charge in [-0.3, -0.25) is 9.58 Å². The van der Waals surface area contributed by atoms with E-state index >= 15 is 0 Å². The second-order valence-corrected chi connectivity index (χ2v) is 5.59. The van der Waals surface area contributed by atoms with Crippen LogP contribution in [0.4, 0.5) is 5.82 Å². The van der Waals surface area contributed by atoms with Crippen LogP contribution in [0.1, 0.15) is 39.4 Å². The third kappa shape index (κ3) is 3.50. The highest BCUT2D eigenvalue weighted by molar-refractivity contribution is 5.86. The minimum absolute atomic E-state index is 0.517. The summed E-state index contributed by atoms with van der Waals surface area (Å²) in [4.78, 5) is 11.6. The molecule has 0 amide bonds. The van der Waals surface area contributed by atoms with Gasteiger partial charge in [0.1, 0.15) is 11.6 Å². The summed E-state index contributed by atoms with van der Waals surface area (Å²) < 4.78 is 1.81. The molecule has 2 heterocycles. The van der Waals surface area contributed by atoms with Gasteiger partial charge in [-0.25, -0.2) is 9.97 Å². The summed E-state index contributed by atoms with van der Waals surface area (Å²) in [6.45, 7) is 8.21. The van der Waals surface area contributed by atoms with Crippen molar-refractivity contribution in [2.24, 2.45) is 7.05 Å². The minimum atomic E-state index is 0.517. The molecule has 0 saturated carbocycles. The molecule has 6 heteroatoms. The topological polar surface area (TPSA) is 58.9 Å². The molecule has 0 bridgehead atoms. The zero-order valence-electron chi connectivity index (χ0n) is 13.7. The van der Waals surface area contributed by atoms with Crippen molar-refractivity contribution in [1.29, 1.82) is 0 Å². The van der Waals surface area contributed by atoms with E-state index < -0.39 is 0 Å². The highest BCUT2D eigenvalue weighted by Crippen LogP contribution is 2.20. The lowest BCUT2D eigenvalue weighted by Crippen LogP contribution is -2.28. The third-order valence-corrected chi connectivity index (χ3v) is 3.91. The van der Waals surface area contributed by atoms with E-state index in [0.717, 1.165) is 48.6 Å². The van der Waals surface area contributed by atoms with Crippen molar-refractivity contribution >= 4 is 16.9 Å². The number of anilines is 1. The number of nitrogens with zero attached hydrogens (tertiary/aromatic N) is 5. The molecule has 21 heavy (non-hydrogen) atoms. The number of fused-ring (bicyclic) bond motifs is 1. The molecule has 0 aliphatic heterocycles. The largest absolute Gasteiger partial charge is 0.369 e. The molecule has 0 aliphatic carbocycles. The van der Waals surface area contributed by atoms with E-state index in [1.54, 1.807) is 4.68 Å². The summed E-state index contributed by atoms with van der Waals surface area (Å²) in [6.07, 6.45) is 4.01. The second-order valence-electron chi connectivity index (χ2n) is 5.59. The van der Waals surface area contributed by atoms with Gasteiger partial charge in [-0.05, 0) is 26.8 Å². The maximum Gasteiger partial charge on any atom is 0.163 e. The van der Waals surface area contributed by atoms with Crippen LogP contribution in [0.25, 0.3) is 11.0 Å². The van der Waals surface area contributed by atoms with Crippen LogP contribution >= 0.6 is 0 Å². The van der Waals surface area contributed by atoms with Crippen LogP contribution in [0.5, 0.6) is 0 Å². The SMILES string of the molecule is CCCNc1nc(CN(C)C(C)CC)nc2c1cnn2C. The van der Waals surface area contributed by atoms with Crippen molar-refractivity contribution in [2.75, 3.05) is 18.9 Å². The average molecular weight is 290 g/mol. The van der Waals surface area contributed by atoms with Crippen LogP contribution < -0.4 is 5.32 Å². The summed E-state index contributed by atoms with van der Waals surface area (Å²) in [7, 11) is 4.03. The standard InChI is InChI=1S/C15H26N6/c1-6-8-16-14-12-9-17-21(5)15(12)19-13(18-14)10-20(4)11(3)7-2/h9,11H,6-8,10H2,1-5H3,(H,16,18,19). The van der Waals surface area contributed by atoms with Crippen molar-refractivity contribution in [2.45, 2.75) is 46.2 Å². The van der Waals surface area contributed by atoms with Gasteiger partial charge in [-0.15, -0.1) is 0 Å². The Morgan fingerprint density at radius 3 is 2.76 bits per heavy atom. The molecule has 2 aromatic rings. The number of rotatable bonds is 7. The number of hydrogen-bond acceptors (Lipinski definition) is 5. The van der Waals surface area contributed by atoms with Crippen molar-refractivity contribution < 1.29 is 0 Å². The molecule has 1 N–H and O–H groups in total. The Morgan fingerprint density at radius 2 is 2.10 bits per heavy atom. The Kier molecular flexibility index (Phi) is 5.12. The van der Waals surface area contributed by atoms with Gasteiger partial charge < -0.3 is 5.32 Å². The number of aromatic nitrogens is 4. The molecule has 0 aromatic carbocycles. The minimum Gasteiger partial charge on any atom is -0.369 e. The molecule has 6 nitrogen and oxygen atoms in total. The first kappa shape index (κ1) is 15.7. The van der Waals surface area contributed by atoms with E-state index in [-0.39, 0.29) is 0 Å². The first-order valence-electron chi connectivity index (χ1n) is 7.69. The highest BCUT2D eigenvalue weighted by Gasteiger charge is 2.14. The van der Waals surface area contributed by atoms with Gasteiger partial charge in [0.05, 0.1) is 18.1 Å². The molecule has 0 aliphatic rings. The Morgan fingerprint density at radius 1 is 1.33 bits per heavy atom. The third-order valence-electron chi connectivity index (χ3n) is 3.91. The van der Waals surface area contributed by atoms with Gasteiger partial charge in [0.25, 0.3) is 0 Å². The fourth-order valence-electron chi connectivity index (χ4n) is 2.21. The molecule has 2 aromatic heterocycles. The summed E-state index contributed by atoms with van der Waals surface area (Å²) in [5, 5.41) is 8.67. The molecule has 0 saturated heterocycles. The van der Waals surface area contributed by atoms with Gasteiger partial charge in [0, 0.05) is 19.6 Å². The zero-order chi connectivity index (χ0) is 15.4. The molecule has 0 spiro atoms. The van der Waals surface area contributed by atoms with Crippen molar-refractivity contribution in [1.82, 2.24) is 24.6 Å². The zero-order valence-corrected chi connectivity index (χ0v) is 13.7. The monoisotopic (exact) mass is 290 g/mol. The lowest BCUT2D eigenvalue weighted by Gasteiger charge is -2.22. The molecule has 2 rings (SSSR count). The summed E-state index contributed by atoms with van der Waals surface area (Å²) in [5.41, 5.74) is 0.885. The van der Waals surface area contributed by atoms with Gasteiger partial charge in [-0.2, -0.15) is 5.10 Å². The van der Waals surface area contributed by atoms with E-state index in [9.17, 15) is 0 Å². The molecule has 116 valence electrons. The van der Waals surface area contributed by atoms with Crippen LogP contribution in [-0.2, 0) is 13.6 Å². The normalized spacial score (nSPS) is 13.0. The molecular weight excluding hydrogens is 264 g/mol. The van der Waals surface area contributed by atoms with Gasteiger partial charge in [-0.1, -0.05) is 13.8 Å². The maximum atomic E-state index is 4.69. The van der Waals surface area contributed by atoms with E-state index in [0.29, 0.717) is 6.04 Å². The van der Waals surface area contributed by atoms with E-state index in [1.165, 1.54) is 0 Å². The van der Waals surface area contributed by atoms with Gasteiger partial charge in [0.2, 0.25) is 0 Å². The molecule has 1 atom stereocenters. The van der Waals surface area contributed by atoms with Crippen molar-refractivity contribution in [3.63, 3.8) is 0 Å². The highest BCUT2D eigenvalue weighted by atomic mass is 15.3. The summed E-state index contributed by atoms with van der Waals surface area (Å²) in [6, 6.07) is 0.517. The Bertz CT molecular complexity index is 591. The van der Waals surface area contributed by atoms with Crippen molar-refractivity contribution in [3.8, 4) is 0 Å². The molecular formula is C15H26N6. The lowest BCUT2D eigenvalue weighted by molar-refractivity contribution is 0.238. The summed E-state index contributed by atoms with van der Waals surface area (Å²) >= 11 is 0. The number of hydrogen-bond donors (Lipinski definition) is 1. The van der Waals surface area contributed by atoms with Crippen LogP contribution in [0.2, 0.25) is 0 Å². The predicted molar refractivity (Wildman–Crippen MR) is 86.3 cm³/mol. The fourth-order valence-corrected chi connectivity index (χ4v) is 2.21. The van der Waals surface area contributed by atoms with E-state index in [4.69, 9.17) is 4.98 Å².